The van der Waals surface area contributed by atoms with Gasteiger partial charge in [0.25, 0.3) is 5.91 Å². The average molecular weight is 469 g/mol. The molecule has 178 valence electrons. The fourth-order valence-corrected chi connectivity index (χ4v) is 3.95. The second-order valence-electron chi connectivity index (χ2n) is 8.31. The van der Waals surface area contributed by atoms with E-state index in [4.69, 9.17) is 14.6 Å². The third-order valence-corrected chi connectivity index (χ3v) is 5.75. The minimum atomic E-state index is -0.425. The van der Waals surface area contributed by atoms with Crippen LogP contribution in [0.2, 0.25) is 0 Å². The molecule has 2 heterocycles. The van der Waals surface area contributed by atoms with Gasteiger partial charge in [-0.1, -0.05) is 30.9 Å². The van der Waals surface area contributed by atoms with Crippen LogP contribution in [-0.2, 0) is 9.53 Å². The van der Waals surface area contributed by atoms with Crippen molar-refractivity contribution in [1.29, 1.82) is 5.26 Å². The lowest BCUT2D eigenvalue weighted by atomic mass is 10.0. The lowest BCUT2D eigenvalue weighted by Gasteiger charge is -2.10. The van der Waals surface area contributed by atoms with Gasteiger partial charge >= 0.3 is 0 Å². The summed E-state index contributed by atoms with van der Waals surface area (Å²) in [6, 6.07) is 17.5. The lowest BCUT2D eigenvalue weighted by Crippen LogP contribution is -2.32. The van der Waals surface area contributed by atoms with Crippen LogP contribution < -0.4 is 10.1 Å². The molecular weight excluding hydrogens is 440 g/mol. The van der Waals surface area contributed by atoms with Crippen molar-refractivity contribution in [1.82, 2.24) is 15.1 Å². The van der Waals surface area contributed by atoms with E-state index >= 15 is 0 Å². The molecule has 1 amide bonds. The molecule has 0 bridgehead atoms. The summed E-state index contributed by atoms with van der Waals surface area (Å²) >= 11 is 0. The van der Waals surface area contributed by atoms with Crippen LogP contribution in [0, 0.1) is 18.3 Å². The van der Waals surface area contributed by atoms with Gasteiger partial charge in [0.1, 0.15) is 29.7 Å². The van der Waals surface area contributed by atoms with E-state index in [9.17, 15) is 10.1 Å². The number of rotatable bonds is 9. The molecule has 1 aromatic heterocycles. The van der Waals surface area contributed by atoms with Gasteiger partial charge in [0.15, 0.2) is 0 Å². The molecule has 0 aliphatic carbocycles. The Bertz CT molecular complexity index is 1270. The van der Waals surface area contributed by atoms with Crippen molar-refractivity contribution in [2.45, 2.75) is 25.9 Å². The van der Waals surface area contributed by atoms with Gasteiger partial charge in [-0.3, -0.25) is 4.79 Å². The summed E-state index contributed by atoms with van der Waals surface area (Å²) in [5, 5.41) is 17.4. The third kappa shape index (κ3) is 5.86. The summed E-state index contributed by atoms with van der Waals surface area (Å²) < 4.78 is 13.0. The maximum atomic E-state index is 12.7. The Morgan fingerprint density at radius 3 is 2.86 bits per heavy atom. The second-order valence-corrected chi connectivity index (χ2v) is 8.31. The maximum absolute atomic E-state index is 12.7. The highest BCUT2D eigenvalue weighted by atomic mass is 16.5. The van der Waals surface area contributed by atoms with Crippen LogP contribution in [-0.4, -0.2) is 41.6 Å². The summed E-state index contributed by atoms with van der Waals surface area (Å²) in [6.45, 7) is 7.17. The first kappa shape index (κ1) is 24.0. The van der Waals surface area contributed by atoms with Crippen LogP contribution in [0.3, 0.4) is 0 Å². The van der Waals surface area contributed by atoms with E-state index in [2.05, 4.69) is 11.9 Å². The van der Waals surface area contributed by atoms with E-state index in [1.807, 2.05) is 67.7 Å². The van der Waals surface area contributed by atoms with Crippen LogP contribution >= 0.6 is 0 Å². The molecule has 3 aromatic rings. The fourth-order valence-electron chi connectivity index (χ4n) is 3.95. The summed E-state index contributed by atoms with van der Waals surface area (Å²) in [6.07, 6.45) is 7.01. The minimum Gasteiger partial charge on any atom is -0.489 e. The van der Waals surface area contributed by atoms with Crippen molar-refractivity contribution in [3.05, 3.63) is 84.1 Å². The zero-order valence-corrected chi connectivity index (χ0v) is 19.7. The molecule has 1 N–H and O–H groups in total. The molecule has 35 heavy (non-hydrogen) atoms. The Morgan fingerprint density at radius 2 is 2.17 bits per heavy atom. The topological polar surface area (TPSA) is 89.2 Å². The van der Waals surface area contributed by atoms with Gasteiger partial charge in [-0.15, -0.1) is 0 Å². The van der Waals surface area contributed by atoms with E-state index in [1.54, 1.807) is 16.8 Å². The highest BCUT2D eigenvalue weighted by molar-refractivity contribution is 6.02. The van der Waals surface area contributed by atoms with E-state index in [0.717, 1.165) is 35.4 Å². The van der Waals surface area contributed by atoms with E-state index < -0.39 is 5.91 Å². The Kier molecular flexibility index (Phi) is 7.76. The molecule has 1 saturated heterocycles. The Labute approximate surface area is 205 Å². The van der Waals surface area contributed by atoms with Gasteiger partial charge in [0.2, 0.25) is 0 Å². The molecule has 4 rings (SSSR count). The number of aromatic nitrogens is 2. The summed E-state index contributed by atoms with van der Waals surface area (Å²) in [5.41, 5.74) is 4.01. The van der Waals surface area contributed by atoms with Crippen molar-refractivity contribution in [2.75, 3.05) is 19.8 Å². The molecule has 7 heteroatoms. The quantitative estimate of drug-likeness (QED) is 0.281. The number of para-hydroxylation sites is 1. The number of carbonyl (C=O) groups excluding carboxylic acids is 1. The van der Waals surface area contributed by atoms with Gasteiger partial charge in [-0.2, -0.15) is 10.4 Å². The molecule has 7 nitrogen and oxygen atoms in total. The first-order valence-corrected chi connectivity index (χ1v) is 11.6. The van der Waals surface area contributed by atoms with Gasteiger partial charge in [-0.05, 0) is 61.7 Å². The predicted molar refractivity (Wildman–Crippen MR) is 135 cm³/mol. The van der Waals surface area contributed by atoms with Crippen LogP contribution in [0.1, 0.15) is 24.0 Å². The number of carbonyl (C=O) groups is 1. The van der Waals surface area contributed by atoms with Crippen LogP contribution in [0.4, 0.5) is 0 Å². The van der Waals surface area contributed by atoms with Crippen molar-refractivity contribution in [2.24, 2.45) is 0 Å². The van der Waals surface area contributed by atoms with Crippen LogP contribution in [0.15, 0.2) is 73.0 Å². The van der Waals surface area contributed by atoms with Crippen molar-refractivity contribution >= 4 is 12.0 Å². The van der Waals surface area contributed by atoms with Crippen molar-refractivity contribution in [3.8, 4) is 28.8 Å². The zero-order chi connectivity index (χ0) is 24.6. The third-order valence-electron chi connectivity index (χ3n) is 5.75. The summed E-state index contributed by atoms with van der Waals surface area (Å²) in [4.78, 5) is 12.7. The predicted octanol–water partition coefficient (Wildman–Crippen LogP) is 4.61. The standard InChI is InChI=1S/C28H28N4O3/c1-3-13-35-26-12-11-21(15-20(26)2)27-23(19-32(31-27)24-8-5-4-6-9-24)16-22(17-29)28(33)30-18-25-10-7-14-34-25/h3-6,8-9,11-12,15-16,19,25H,1,7,10,13-14,18H2,2H3,(H,30,33)/b22-16-/t25-/m0/s1. The van der Waals surface area contributed by atoms with Gasteiger partial charge < -0.3 is 14.8 Å². The smallest absolute Gasteiger partial charge is 0.262 e. The monoisotopic (exact) mass is 468 g/mol. The van der Waals surface area contributed by atoms with Crippen LogP contribution in [0.25, 0.3) is 23.0 Å². The lowest BCUT2D eigenvalue weighted by molar-refractivity contribution is -0.117. The molecular formula is C28H28N4O3. The average Bonchev–Trinajstić information content (AvgIpc) is 3.56. The maximum Gasteiger partial charge on any atom is 0.262 e. The number of nitrogens with zero attached hydrogens (tertiary/aromatic N) is 3. The number of aryl methyl sites for hydroxylation is 1. The van der Waals surface area contributed by atoms with Crippen molar-refractivity contribution in [3.63, 3.8) is 0 Å². The Morgan fingerprint density at radius 1 is 1.34 bits per heavy atom. The minimum absolute atomic E-state index is 0.0000767. The highest BCUT2D eigenvalue weighted by Crippen LogP contribution is 2.30. The first-order chi connectivity index (χ1) is 17.1. The number of benzene rings is 2. The number of nitrogens with one attached hydrogen (secondary N) is 1. The SMILES string of the molecule is C=CCOc1ccc(-c2nn(-c3ccccc3)cc2/C=C(/C#N)C(=O)NC[C@@H]2CCCO2)cc1C. The molecule has 0 unspecified atom stereocenters. The molecule has 0 radical (unpaired) electrons. The number of hydrogen-bond donors (Lipinski definition) is 1. The van der Waals surface area contributed by atoms with E-state index in [1.165, 1.54) is 0 Å². The summed E-state index contributed by atoms with van der Waals surface area (Å²) in [5.74, 6) is 0.338. The zero-order valence-electron chi connectivity index (χ0n) is 19.7. The first-order valence-electron chi connectivity index (χ1n) is 11.6. The second kappa shape index (κ2) is 11.3. The molecule has 1 fully saturated rings. The molecule has 1 atom stereocenters. The molecule has 2 aromatic carbocycles. The van der Waals surface area contributed by atoms with Gasteiger partial charge in [0.05, 0.1) is 11.8 Å². The number of hydrogen-bond acceptors (Lipinski definition) is 5. The molecule has 0 spiro atoms. The molecule has 0 saturated carbocycles. The number of ether oxygens (including phenoxy) is 2. The number of nitriles is 1. The fraction of sp³-hybridized carbons (Fsp3) is 0.250. The van der Waals surface area contributed by atoms with E-state index in [0.29, 0.717) is 31.0 Å². The van der Waals surface area contributed by atoms with E-state index in [-0.39, 0.29) is 11.7 Å². The van der Waals surface area contributed by atoms with Gasteiger partial charge in [-0.25, -0.2) is 4.68 Å². The molecule has 1 aliphatic rings. The van der Waals surface area contributed by atoms with Crippen molar-refractivity contribution < 1.29 is 14.3 Å². The Balaban J connectivity index is 1.68. The molecule has 1 aliphatic heterocycles. The normalized spacial score (nSPS) is 15.4. The Hall–Kier alpha value is -4.15. The summed E-state index contributed by atoms with van der Waals surface area (Å²) in [7, 11) is 0. The van der Waals surface area contributed by atoms with Crippen LogP contribution in [0.5, 0.6) is 5.75 Å². The highest BCUT2D eigenvalue weighted by Gasteiger charge is 2.19. The number of amides is 1. The van der Waals surface area contributed by atoms with Gasteiger partial charge in [0, 0.05) is 30.5 Å². The largest absolute Gasteiger partial charge is 0.489 e.